The lowest BCUT2D eigenvalue weighted by molar-refractivity contribution is -0.169. The first-order valence-corrected chi connectivity index (χ1v) is 6.19. The summed E-state index contributed by atoms with van der Waals surface area (Å²) in [7, 11) is 0. The molecule has 5 heteroatoms. The Kier molecular flexibility index (Phi) is 2.45. The number of nitrogens with zero attached hydrogens (tertiary/aromatic N) is 1. The Bertz CT molecular complexity index is 554. The first kappa shape index (κ1) is 11.9. The largest absolute Gasteiger partial charge is 0.333 e. The molecule has 1 fully saturated rings. The van der Waals surface area contributed by atoms with Crippen LogP contribution in [0.3, 0.4) is 0 Å². The van der Waals surface area contributed by atoms with Crippen molar-refractivity contribution in [2.24, 2.45) is 5.41 Å². The molecule has 1 aliphatic carbocycles. The minimum Gasteiger partial charge on any atom is -0.330 e. The van der Waals surface area contributed by atoms with Crippen molar-refractivity contribution < 1.29 is 19.2 Å². The summed E-state index contributed by atoms with van der Waals surface area (Å²) in [4.78, 5) is 40.6. The molecule has 2 aliphatic rings. The minimum atomic E-state index is -0.574. The molecule has 0 saturated heterocycles. The molecule has 1 heterocycles. The molecule has 1 aromatic carbocycles. The molecule has 0 atom stereocenters. The predicted molar refractivity (Wildman–Crippen MR) is 65.0 cm³/mol. The zero-order valence-corrected chi connectivity index (χ0v) is 10.5. The van der Waals surface area contributed by atoms with Crippen LogP contribution in [0, 0.1) is 5.41 Å². The van der Waals surface area contributed by atoms with E-state index in [-0.39, 0.29) is 23.0 Å². The van der Waals surface area contributed by atoms with Crippen LogP contribution in [0.25, 0.3) is 0 Å². The first-order valence-electron chi connectivity index (χ1n) is 6.19. The van der Waals surface area contributed by atoms with Crippen molar-refractivity contribution in [2.75, 3.05) is 0 Å². The van der Waals surface area contributed by atoms with Crippen molar-refractivity contribution in [1.29, 1.82) is 0 Å². The molecule has 0 radical (unpaired) electrons. The standard InChI is InChI=1S/C14H13NO4/c1-14(6-7-14)8-11(16)19-15-12(17)9-4-2-3-5-10(9)13(15)18/h2-5H,6-8H2,1H3. The average Bonchev–Trinajstić information content (AvgIpc) is 3.06. The van der Waals surface area contributed by atoms with Gasteiger partial charge >= 0.3 is 5.97 Å². The summed E-state index contributed by atoms with van der Waals surface area (Å²) in [5.74, 6) is -1.68. The monoisotopic (exact) mass is 259 g/mol. The summed E-state index contributed by atoms with van der Waals surface area (Å²) >= 11 is 0. The number of carbonyl (C=O) groups excluding carboxylic acids is 3. The van der Waals surface area contributed by atoms with Gasteiger partial charge in [0.25, 0.3) is 11.8 Å². The summed E-state index contributed by atoms with van der Waals surface area (Å²) in [6.07, 6.45) is 2.19. The van der Waals surface area contributed by atoms with E-state index in [1.807, 2.05) is 6.92 Å². The molecule has 0 aromatic heterocycles. The lowest BCUT2D eigenvalue weighted by atomic mass is 10.1. The quantitative estimate of drug-likeness (QED) is 0.778. The molecule has 0 N–H and O–H groups in total. The van der Waals surface area contributed by atoms with Gasteiger partial charge in [0.05, 0.1) is 17.5 Å². The third kappa shape index (κ3) is 2.01. The van der Waals surface area contributed by atoms with E-state index in [2.05, 4.69) is 0 Å². The summed E-state index contributed by atoms with van der Waals surface area (Å²) in [5, 5.41) is 0.568. The van der Waals surface area contributed by atoms with Crippen LogP contribution in [-0.2, 0) is 9.63 Å². The molecule has 3 rings (SSSR count). The van der Waals surface area contributed by atoms with Crippen molar-refractivity contribution >= 4 is 17.8 Å². The number of hydrogen-bond acceptors (Lipinski definition) is 4. The van der Waals surface area contributed by atoms with E-state index < -0.39 is 17.8 Å². The average molecular weight is 259 g/mol. The molecule has 2 amide bonds. The van der Waals surface area contributed by atoms with Gasteiger partial charge in [-0.15, -0.1) is 0 Å². The second-order valence-electron chi connectivity index (χ2n) is 5.40. The highest BCUT2D eigenvalue weighted by Crippen LogP contribution is 2.48. The fourth-order valence-corrected chi connectivity index (χ4v) is 2.12. The van der Waals surface area contributed by atoms with Crippen LogP contribution in [0.2, 0.25) is 0 Å². The number of rotatable bonds is 3. The molecule has 1 aromatic rings. The molecule has 1 saturated carbocycles. The summed E-state index contributed by atoms with van der Waals surface area (Å²) in [6, 6.07) is 6.43. The molecule has 19 heavy (non-hydrogen) atoms. The SMILES string of the molecule is CC1(CC(=O)ON2C(=O)c3ccccc3C2=O)CC1. The maximum absolute atomic E-state index is 12.0. The van der Waals surface area contributed by atoms with Crippen molar-refractivity contribution in [3.05, 3.63) is 35.4 Å². The van der Waals surface area contributed by atoms with Gasteiger partial charge in [0.15, 0.2) is 0 Å². The number of imide groups is 1. The highest BCUT2D eigenvalue weighted by atomic mass is 16.7. The van der Waals surface area contributed by atoms with Gasteiger partial charge in [0.1, 0.15) is 0 Å². The summed E-state index contributed by atoms with van der Waals surface area (Å²) in [5.41, 5.74) is 0.534. The number of carbonyl (C=O) groups is 3. The Morgan fingerprint density at radius 2 is 1.74 bits per heavy atom. The second-order valence-corrected chi connectivity index (χ2v) is 5.40. The van der Waals surface area contributed by atoms with Crippen LogP contribution in [-0.4, -0.2) is 22.8 Å². The van der Waals surface area contributed by atoms with E-state index in [9.17, 15) is 14.4 Å². The Morgan fingerprint density at radius 3 is 2.21 bits per heavy atom. The molecule has 0 bridgehead atoms. The van der Waals surface area contributed by atoms with Gasteiger partial charge in [-0.1, -0.05) is 24.1 Å². The highest BCUT2D eigenvalue weighted by molar-refractivity contribution is 6.20. The third-order valence-electron chi connectivity index (χ3n) is 3.62. The van der Waals surface area contributed by atoms with Crippen LogP contribution in [0.15, 0.2) is 24.3 Å². The van der Waals surface area contributed by atoms with Gasteiger partial charge in [0, 0.05) is 0 Å². The zero-order chi connectivity index (χ0) is 13.6. The van der Waals surface area contributed by atoms with E-state index in [1.54, 1.807) is 24.3 Å². The van der Waals surface area contributed by atoms with E-state index in [1.165, 1.54) is 0 Å². The predicted octanol–water partition coefficient (Wildman–Crippen LogP) is 1.93. The van der Waals surface area contributed by atoms with Crippen LogP contribution in [0.4, 0.5) is 0 Å². The van der Waals surface area contributed by atoms with Crippen LogP contribution < -0.4 is 0 Å². The fourth-order valence-electron chi connectivity index (χ4n) is 2.12. The van der Waals surface area contributed by atoms with Gasteiger partial charge in [-0.05, 0) is 30.4 Å². The van der Waals surface area contributed by atoms with Gasteiger partial charge in [-0.2, -0.15) is 0 Å². The topological polar surface area (TPSA) is 63.7 Å². The fraction of sp³-hybridized carbons (Fsp3) is 0.357. The Balaban J connectivity index is 1.75. The lowest BCUT2D eigenvalue weighted by Crippen LogP contribution is -2.33. The smallest absolute Gasteiger partial charge is 0.330 e. The molecule has 98 valence electrons. The molecular weight excluding hydrogens is 246 g/mol. The Labute approximate surface area is 110 Å². The van der Waals surface area contributed by atoms with Crippen molar-refractivity contribution in [3.8, 4) is 0 Å². The van der Waals surface area contributed by atoms with E-state index in [0.717, 1.165) is 12.8 Å². The molecule has 0 spiro atoms. The zero-order valence-electron chi connectivity index (χ0n) is 10.5. The minimum absolute atomic E-state index is 0.0181. The third-order valence-corrected chi connectivity index (χ3v) is 3.62. The Hall–Kier alpha value is -2.17. The highest BCUT2D eigenvalue weighted by Gasteiger charge is 2.43. The summed E-state index contributed by atoms with van der Waals surface area (Å²) < 4.78 is 0. The first-order chi connectivity index (χ1) is 9.00. The second kappa shape index (κ2) is 3.91. The number of amides is 2. The van der Waals surface area contributed by atoms with Gasteiger partial charge in [-0.3, -0.25) is 9.59 Å². The van der Waals surface area contributed by atoms with Crippen LogP contribution >= 0.6 is 0 Å². The molecule has 5 nitrogen and oxygen atoms in total. The van der Waals surface area contributed by atoms with E-state index >= 15 is 0 Å². The van der Waals surface area contributed by atoms with Gasteiger partial charge < -0.3 is 4.84 Å². The number of benzene rings is 1. The lowest BCUT2D eigenvalue weighted by Gasteiger charge is -2.14. The maximum atomic E-state index is 12.0. The van der Waals surface area contributed by atoms with Crippen molar-refractivity contribution in [3.63, 3.8) is 0 Å². The van der Waals surface area contributed by atoms with E-state index in [0.29, 0.717) is 5.06 Å². The van der Waals surface area contributed by atoms with Crippen molar-refractivity contribution in [1.82, 2.24) is 5.06 Å². The molecule has 0 unspecified atom stereocenters. The van der Waals surface area contributed by atoms with Crippen molar-refractivity contribution in [2.45, 2.75) is 26.2 Å². The van der Waals surface area contributed by atoms with Gasteiger partial charge in [-0.25, -0.2) is 4.79 Å². The maximum Gasteiger partial charge on any atom is 0.333 e. The van der Waals surface area contributed by atoms with E-state index in [4.69, 9.17) is 4.84 Å². The number of hydrogen-bond donors (Lipinski definition) is 0. The summed E-state index contributed by atoms with van der Waals surface area (Å²) in [6.45, 7) is 1.98. The van der Waals surface area contributed by atoms with Crippen LogP contribution in [0.1, 0.15) is 46.9 Å². The van der Waals surface area contributed by atoms with Gasteiger partial charge in [0.2, 0.25) is 0 Å². The molecule has 1 aliphatic heterocycles. The number of hydroxylamine groups is 2. The van der Waals surface area contributed by atoms with Crippen LogP contribution in [0.5, 0.6) is 0 Å². The molecular formula is C14H13NO4. The number of fused-ring (bicyclic) bond motifs is 1. The Morgan fingerprint density at radius 1 is 1.21 bits per heavy atom. The normalized spacial score (nSPS) is 19.3.